The number of aliphatic hydroxyl groups is 2. The monoisotopic (exact) mass is 324 g/mol. The van der Waals surface area contributed by atoms with Gasteiger partial charge in [-0.15, -0.1) is 0 Å². The number of aliphatic hydroxyl groups excluding tert-OH is 2. The summed E-state index contributed by atoms with van der Waals surface area (Å²) < 4.78 is 0. The molecule has 2 aliphatic carbocycles. The molecular formula is C19H36N2O2. The van der Waals surface area contributed by atoms with Gasteiger partial charge in [0.15, 0.2) is 0 Å². The normalized spacial score (nSPS) is 33.0. The van der Waals surface area contributed by atoms with E-state index in [1.807, 2.05) is 0 Å². The van der Waals surface area contributed by atoms with Crippen molar-refractivity contribution in [1.82, 2.24) is 9.80 Å². The van der Waals surface area contributed by atoms with Crippen LogP contribution < -0.4 is 0 Å². The zero-order valence-corrected chi connectivity index (χ0v) is 15.2. The Kier molecular flexibility index (Phi) is 5.37. The van der Waals surface area contributed by atoms with Gasteiger partial charge in [0.2, 0.25) is 0 Å². The molecule has 0 aromatic heterocycles. The molecule has 0 aromatic carbocycles. The Morgan fingerprint density at radius 3 is 1.96 bits per heavy atom. The van der Waals surface area contributed by atoms with Crippen LogP contribution in [-0.4, -0.2) is 70.0 Å². The lowest BCUT2D eigenvalue weighted by molar-refractivity contribution is -0.0698. The molecule has 0 amide bonds. The van der Waals surface area contributed by atoms with Crippen LogP contribution in [0.2, 0.25) is 0 Å². The van der Waals surface area contributed by atoms with Crippen molar-refractivity contribution >= 4 is 0 Å². The molecule has 4 heteroatoms. The smallest absolute Gasteiger partial charge is 0.0695 e. The van der Waals surface area contributed by atoms with Gasteiger partial charge in [-0.2, -0.15) is 0 Å². The number of hydrogen-bond acceptors (Lipinski definition) is 4. The van der Waals surface area contributed by atoms with Crippen LogP contribution in [0.1, 0.15) is 59.3 Å². The van der Waals surface area contributed by atoms with Crippen LogP contribution >= 0.6 is 0 Å². The molecule has 3 unspecified atom stereocenters. The van der Waals surface area contributed by atoms with Gasteiger partial charge in [0, 0.05) is 37.8 Å². The van der Waals surface area contributed by atoms with Crippen molar-refractivity contribution in [2.75, 3.05) is 26.2 Å². The first kappa shape index (κ1) is 17.7. The van der Waals surface area contributed by atoms with Crippen molar-refractivity contribution in [1.29, 1.82) is 0 Å². The fourth-order valence-electron chi connectivity index (χ4n) is 4.41. The molecule has 3 rings (SSSR count). The Morgan fingerprint density at radius 2 is 1.48 bits per heavy atom. The van der Waals surface area contributed by atoms with Crippen molar-refractivity contribution in [3.05, 3.63) is 0 Å². The second kappa shape index (κ2) is 6.99. The lowest BCUT2D eigenvalue weighted by atomic mass is 9.80. The first-order valence-electron chi connectivity index (χ1n) is 9.72. The Labute approximate surface area is 141 Å². The highest BCUT2D eigenvalue weighted by Crippen LogP contribution is 2.33. The van der Waals surface area contributed by atoms with Gasteiger partial charge >= 0.3 is 0 Å². The molecule has 1 saturated heterocycles. The Morgan fingerprint density at radius 1 is 0.957 bits per heavy atom. The van der Waals surface area contributed by atoms with Gasteiger partial charge in [0.05, 0.1) is 12.2 Å². The van der Waals surface area contributed by atoms with E-state index >= 15 is 0 Å². The minimum absolute atomic E-state index is 0.0660. The molecular weight excluding hydrogens is 288 g/mol. The van der Waals surface area contributed by atoms with E-state index in [9.17, 15) is 10.2 Å². The molecule has 23 heavy (non-hydrogen) atoms. The molecule has 0 bridgehead atoms. The fourth-order valence-corrected chi connectivity index (χ4v) is 4.41. The van der Waals surface area contributed by atoms with Crippen molar-refractivity contribution in [2.45, 2.75) is 83.1 Å². The number of piperazine rings is 1. The second-order valence-corrected chi connectivity index (χ2v) is 9.01. The summed E-state index contributed by atoms with van der Waals surface area (Å²) in [6, 6.07) is 0.450. The van der Waals surface area contributed by atoms with Gasteiger partial charge in [0.1, 0.15) is 0 Å². The van der Waals surface area contributed by atoms with E-state index in [0.29, 0.717) is 17.9 Å². The standard InChI is InChI=1S/C19H36N2O2/c1-14-10-21(12-18(23)16-8-5-9-16)19(2,3)13-20(14)11-17(22)15-6-4-7-15/h14-18,22-23H,4-13H2,1-3H3. The molecule has 3 atom stereocenters. The maximum Gasteiger partial charge on any atom is 0.0695 e. The molecule has 2 saturated carbocycles. The fraction of sp³-hybridized carbons (Fsp3) is 1.00. The lowest BCUT2D eigenvalue weighted by Gasteiger charge is -2.52. The van der Waals surface area contributed by atoms with Gasteiger partial charge < -0.3 is 10.2 Å². The third-order valence-corrected chi connectivity index (χ3v) is 6.77. The van der Waals surface area contributed by atoms with Gasteiger partial charge in [-0.25, -0.2) is 0 Å². The van der Waals surface area contributed by atoms with Crippen LogP contribution in [0.5, 0.6) is 0 Å². The van der Waals surface area contributed by atoms with Crippen LogP contribution in [0.15, 0.2) is 0 Å². The Hall–Kier alpha value is -0.160. The van der Waals surface area contributed by atoms with Crippen molar-refractivity contribution in [2.24, 2.45) is 11.8 Å². The molecule has 4 nitrogen and oxygen atoms in total. The van der Waals surface area contributed by atoms with Crippen LogP contribution in [0.25, 0.3) is 0 Å². The quantitative estimate of drug-likeness (QED) is 0.785. The van der Waals surface area contributed by atoms with Gasteiger partial charge in [-0.05, 0) is 58.3 Å². The number of rotatable bonds is 6. The summed E-state index contributed by atoms with van der Waals surface area (Å²) in [7, 11) is 0. The van der Waals surface area contributed by atoms with E-state index in [0.717, 1.165) is 26.2 Å². The highest BCUT2D eigenvalue weighted by molar-refractivity contribution is 4.96. The van der Waals surface area contributed by atoms with Crippen LogP contribution in [0, 0.1) is 11.8 Å². The predicted molar refractivity (Wildman–Crippen MR) is 93.4 cm³/mol. The maximum absolute atomic E-state index is 10.5. The zero-order valence-electron chi connectivity index (χ0n) is 15.2. The molecule has 2 N–H and O–H groups in total. The summed E-state index contributed by atoms with van der Waals surface area (Å²) in [4.78, 5) is 4.95. The Bertz CT molecular complexity index is 393. The molecule has 3 fully saturated rings. The zero-order chi connectivity index (χ0) is 16.6. The highest BCUT2D eigenvalue weighted by Gasteiger charge is 2.40. The van der Waals surface area contributed by atoms with E-state index < -0.39 is 0 Å². The van der Waals surface area contributed by atoms with E-state index in [1.54, 1.807) is 0 Å². The molecule has 134 valence electrons. The average molecular weight is 325 g/mol. The van der Waals surface area contributed by atoms with Gasteiger partial charge in [-0.3, -0.25) is 9.80 Å². The average Bonchev–Trinajstić information content (AvgIpc) is 2.30. The second-order valence-electron chi connectivity index (χ2n) is 9.01. The summed E-state index contributed by atoms with van der Waals surface area (Å²) >= 11 is 0. The van der Waals surface area contributed by atoms with Crippen molar-refractivity contribution < 1.29 is 10.2 Å². The first-order chi connectivity index (χ1) is 10.9. The van der Waals surface area contributed by atoms with Crippen LogP contribution in [0.4, 0.5) is 0 Å². The third-order valence-electron chi connectivity index (χ3n) is 6.77. The summed E-state index contributed by atoms with van der Waals surface area (Å²) in [6.45, 7) is 10.4. The number of hydrogen-bond donors (Lipinski definition) is 2. The van der Waals surface area contributed by atoms with E-state index in [-0.39, 0.29) is 17.7 Å². The summed E-state index contributed by atoms with van der Waals surface area (Å²) in [5.41, 5.74) is 0.0660. The predicted octanol–water partition coefficient (Wildman–Crippen LogP) is 2.09. The first-order valence-corrected chi connectivity index (χ1v) is 9.72. The molecule has 0 radical (unpaired) electrons. The summed E-state index contributed by atoms with van der Waals surface area (Å²) in [6.07, 6.45) is 7.05. The number of nitrogens with zero attached hydrogens (tertiary/aromatic N) is 2. The molecule has 1 heterocycles. The SMILES string of the molecule is CC1CN(CC(O)C2CCC2)C(C)(C)CN1CC(O)C1CCC1. The number of β-amino-alcohol motifs (C(OH)–C–C–N with tert-alkyl or cyclic N) is 2. The largest absolute Gasteiger partial charge is 0.392 e. The van der Waals surface area contributed by atoms with E-state index in [1.165, 1.54) is 38.5 Å². The molecule has 0 spiro atoms. The highest BCUT2D eigenvalue weighted by atomic mass is 16.3. The van der Waals surface area contributed by atoms with Crippen LogP contribution in [0.3, 0.4) is 0 Å². The molecule has 0 aromatic rings. The van der Waals surface area contributed by atoms with Gasteiger partial charge in [-0.1, -0.05) is 12.8 Å². The lowest BCUT2D eigenvalue weighted by Crippen LogP contribution is -2.65. The molecule has 3 aliphatic rings. The third kappa shape index (κ3) is 3.92. The van der Waals surface area contributed by atoms with Crippen molar-refractivity contribution in [3.63, 3.8) is 0 Å². The minimum Gasteiger partial charge on any atom is -0.392 e. The van der Waals surface area contributed by atoms with E-state index in [4.69, 9.17) is 0 Å². The molecule has 1 aliphatic heterocycles. The van der Waals surface area contributed by atoms with Gasteiger partial charge in [0.25, 0.3) is 0 Å². The van der Waals surface area contributed by atoms with Crippen LogP contribution in [-0.2, 0) is 0 Å². The summed E-state index contributed by atoms with van der Waals surface area (Å²) in [5.74, 6) is 1.06. The summed E-state index contributed by atoms with van der Waals surface area (Å²) in [5, 5.41) is 20.9. The minimum atomic E-state index is -0.164. The topological polar surface area (TPSA) is 46.9 Å². The maximum atomic E-state index is 10.5. The van der Waals surface area contributed by atoms with Crippen molar-refractivity contribution in [3.8, 4) is 0 Å². The Balaban J connectivity index is 1.54. The van der Waals surface area contributed by atoms with E-state index in [2.05, 4.69) is 30.6 Å².